The Morgan fingerprint density at radius 1 is 0.533 bits per heavy atom. The normalized spacial score (nSPS) is 9.90. The molecule has 0 aromatic heterocycles. The molecule has 0 saturated heterocycles. The molecule has 5 aromatic rings. The molecule has 1 heteroatoms. The van der Waals surface area contributed by atoms with Crippen LogP contribution in [0.1, 0.15) is 5.56 Å². The van der Waals surface area contributed by atoms with Crippen LogP contribution in [0.2, 0.25) is 0 Å². The first kappa shape index (κ1) is 21.7. The average molecular weight is 561 g/mol. The maximum absolute atomic E-state index is 3.30. The fourth-order valence-corrected chi connectivity index (χ4v) is 3.17. The van der Waals surface area contributed by atoms with E-state index in [1.165, 1.54) is 16.3 Å². The van der Waals surface area contributed by atoms with Gasteiger partial charge in [0.2, 0.25) is 0 Å². The molecule has 0 atom stereocenters. The molecular weight excluding hydrogens is 541 g/mol. The van der Waals surface area contributed by atoms with Gasteiger partial charge in [0.05, 0.1) is 0 Å². The van der Waals surface area contributed by atoms with Crippen molar-refractivity contribution in [3.8, 4) is 22.3 Å². The summed E-state index contributed by atoms with van der Waals surface area (Å²) in [4.78, 5) is 0. The largest absolute Gasteiger partial charge is 0.226 e. The molecule has 0 spiro atoms. The Balaban J connectivity index is 0.000000169. The molecular formula is C29H20Ir-4. The Hall–Kier alpha value is -2.99. The van der Waals surface area contributed by atoms with E-state index in [1.807, 2.05) is 54.6 Å². The van der Waals surface area contributed by atoms with E-state index in [0.717, 1.165) is 22.3 Å². The topological polar surface area (TPSA) is 0 Å². The fourth-order valence-electron chi connectivity index (χ4n) is 3.17. The SMILES string of the molecule is Cc1c[c-]c(-c2[c-]cccc2)cc1.[Ir].[c-]1ccccc1-c1[c-]ccc2ccccc12. The van der Waals surface area contributed by atoms with E-state index in [4.69, 9.17) is 0 Å². The Bertz CT molecular complexity index is 1170. The van der Waals surface area contributed by atoms with Crippen molar-refractivity contribution in [2.45, 2.75) is 6.92 Å². The molecule has 0 saturated carbocycles. The molecule has 1 radical (unpaired) electrons. The zero-order valence-electron chi connectivity index (χ0n) is 16.6. The van der Waals surface area contributed by atoms with E-state index in [2.05, 4.69) is 79.7 Å². The summed E-state index contributed by atoms with van der Waals surface area (Å²) in [7, 11) is 0. The predicted octanol–water partition coefficient (Wildman–Crippen LogP) is 7.37. The summed E-state index contributed by atoms with van der Waals surface area (Å²) >= 11 is 0. The van der Waals surface area contributed by atoms with Crippen molar-refractivity contribution < 1.29 is 20.1 Å². The minimum absolute atomic E-state index is 0. The maximum Gasteiger partial charge on any atom is 0 e. The van der Waals surface area contributed by atoms with Crippen molar-refractivity contribution in [2.24, 2.45) is 0 Å². The van der Waals surface area contributed by atoms with Crippen LogP contribution in [0.4, 0.5) is 0 Å². The molecule has 0 amide bonds. The Labute approximate surface area is 192 Å². The van der Waals surface area contributed by atoms with Gasteiger partial charge < -0.3 is 0 Å². The third-order valence-electron chi connectivity index (χ3n) is 4.67. The zero-order chi connectivity index (χ0) is 19.9. The Morgan fingerprint density at radius 2 is 1.20 bits per heavy atom. The van der Waals surface area contributed by atoms with E-state index in [9.17, 15) is 0 Å². The number of hydrogen-bond donors (Lipinski definition) is 0. The quantitative estimate of drug-likeness (QED) is 0.198. The van der Waals surface area contributed by atoms with E-state index in [0.29, 0.717) is 0 Å². The molecule has 5 rings (SSSR count). The minimum atomic E-state index is 0. The summed E-state index contributed by atoms with van der Waals surface area (Å²) in [5, 5.41) is 2.47. The molecule has 0 nitrogen and oxygen atoms in total. The molecule has 0 unspecified atom stereocenters. The second-order valence-electron chi connectivity index (χ2n) is 6.77. The van der Waals surface area contributed by atoms with Gasteiger partial charge in [-0.05, 0) is 0 Å². The van der Waals surface area contributed by atoms with Crippen molar-refractivity contribution in [2.75, 3.05) is 0 Å². The molecule has 0 N–H and O–H groups in total. The first-order valence-corrected chi connectivity index (χ1v) is 9.63. The third kappa shape index (κ3) is 5.33. The summed E-state index contributed by atoms with van der Waals surface area (Å²) in [6.07, 6.45) is 0. The van der Waals surface area contributed by atoms with Gasteiger partial charge in [0.1, 0.15) is 0 Å². The van der Waals surface area contributed by atoms with E-state index in [-0.39, 0.29) is 20.1 Å². The van der Waals surface area contributed by atoms with Crippen LogP contribution < -0.4 is 0 Å². The molecule has 0 aliphatic heterocycles. The molecule has 5 aromatic carbocycles. The second-order valence-corrected chi connectivity index (χ2v) is 6.77. The van der Waals surface area contributed by atoms with Crippen LogP contribution in [0, 0.1) is 31.2 Å². The Morgan fingerprint density at radius 3 is 1.87 bits per heavy atom. The zero-order valence-corrected chi connectivity index (χ0v) is 19.0. The summed E-state index contributed by atoms with van der Waals surface area (Å²) in [6, 6.07) is 47.5. The molecule has 149 valence electrons. The van der Waals surface area contributed by atoms with Gasteiger partial charge in [-0.25, -0.2) is 22.3 Å². The van der Waals surface area contributed by atoms with Gasteiger partial charge in [-0.1, -0.05) is 25.1 Å². The molecule has 0 heterocycles. The van der Waals surface area contributed by atoms with Crippen LogP contribution in [-0.4, -0.2) is 0 Å². The van der Waals surface area contributed by atoms with Crippen LogP contribution in [0.25, 0.3) is 33.0 Å². The van der Waals surface area contributed by atoms with Gasteiger partial charge >= 0.3 is 0 Å². The summed E-state index contributed by atoms with van der Waals surface area (Å²) < 4.78 is 0. The third-order valence-corrected chi connectivity index (χ3v) is 4.67. The van der Waals surface area contributed by atoms with Crippen LogP contribution in [0.5, 0.6) is 0 Å². The predicted molar refractivity (Wildman–Crippen MR) is 121 cm³/mol. The van der Waals surface area contributed by atoms with E-state index in [1.54, 1.807) is 0 Å². The molecule has 0 aliphatic rings. The van der Waals surface area contributed by atoms with Crippen LogP contribution in [0.3, 0.4) is 0 Å². The van der Waals surface area contributed by atoms with Gasteiger partial charge in [-0.2, -0.15) is 84.9 Å². The monoisotopic (exact) mass is 561 g/mol. The van der Waals surface area contributed by atoms with E-state index >= 15 is 0 Å². The first-order valence-electron chi connectivity index (χ1n) is 9.63. The number of rotatable bonds is 2. The van der Waals surface area contributed by atoms with Gasteiger partial charge in [0, 0.05) is 20.1 Å². The fraction of sp³-hybridized carbons (Fsp3) is 0.0345. The van der Waals surface area contributed by atoms with Crippen molar-refractivity contribution in [3.63, 3.8) is 0 Å². The van der Waals surface area contributed by atoms with Gasteiger partial charge in [-0.15, -0.1) is 40.6 Å². The van der Waals surface area contributed by atoms with Gasteiger partial charge in [0.25, 0.3) is 0 Å². The standard InChI is InChI=1S/C16H10.C13H10.Ir/c1-2-7-13(8-3-1)16-12-6-10-14-9-4-5-11-15(14)16;1-11-7-9-13(10-8-11)12-5-3-2-4-6-12;/h1-7,9-11H;2-5,7-9H,1H3;/q2*-2;. The van der Waals surface area contributed by atoms with Gasteiger partial charge in [-0.3, -0.25) is 0 Å². The van der Waals surface area contributed by atoms with Gasteiger partial charge in [0.15, 0.2) is 0 Å². The second kappa shape index (κ2) is 10.7. The van der Waals surface area contributed by atoms with E-state index < -0.39 is 0 Å². The molecule has 0 fully saturated rings. The summed E-state index contributed by atoms with van der Waals surface area (Å²) in [5.74, 6) is 0. The van der Waals surface area contributed by atoms with Crippen molar-refractivity contribution in [3.05, 3.63) is 133 Å². The summed E-state index contributed by atoms with van der Waals surface area (Å²) in [6.45, 7) is 2.06. The van der Waals surface area contributed by atoms with Crippen molar-refractivity contribution in [1.29, 1.82) is 0 Å². The smallest absolute Gasteiger partial charge is 0 e. The van der Waals surface area contributed by atoms with Crippen molar-refractivity contribution >= 4 is 10.8 Å². The van der Waals surface area contributed by atoms with Crippen molar-refractivity contribution in [1.82, 2.24) is 0 Å². The molecule has 30 heavy (non-hydrogen) atoms. The molecule has 0 bridgehead atoms. The Kier molecular flexibility index (Phi) is 7.74. The average Bonchev–Trinajstić information content (AvgIpc) is 2.81. The van der Waals surface area contributed by atoms with Crippen LogP contribution in [0.15, 0.2) is 103 Å². The molecule has 0 aliphatic carbocycles. The van der Waals surface area contributed by atoms with Crippen LogP contribution >= 0.6 is 0 Å². The number of fused-ring (bicyclic) bond motifs is 1. The number of hydrogen-bond acceptors (Lipinski definition) is 0. The first-order chi connectivity index (χ1) is 14.3. The maximum atomic E-state index is 3.30. The minimum Gasteiger partial charge on any atom is -0.226 e. The summed E-state index contributed by atoms with van der Waals surface area (Å²) in [5.41, 5.74) is 5.66. The number of benzene rings is 5. The number of aryl methyl sites for hydroxylation is 1. The van der Waals surface area contributed by atoms with Crippen LogP contribution in [-0.2, 0) is 20.1 Å².